The van der Waals surface area contributed by atoms with Crippen molar-refractivity contribution in [2.24, 2.45) is 0 Å². The van der Waals surface area contributed by atoms with Gasteiger partial charge in [-0.25, -0.2) is 0 Å². The highest BCUT2D eigenvalue weighted by Crippen LogP contribution is 2.17. The Balaban J connectivity index is 3.19. The molecule has 0 aliphatic carbocycles. The lowest BCUT2D eigenvalue weighted by atomic mass is 10.0. The van der Waals surface area contributed by atoms with Crippen molar-refractivity contribution in [3.8, 4) is 0 Å². The van der Waals surface area contributed by atoms with Crippen molar-refractivity contribution in [3.63, 3.8) is 0 Å². The monoisotopic (exact) mass is 733 g/mol. The molecular weight excluding hydrogens is 637 g/mol. The molecule has 52 heavy (non-hydrogen) atoms. The second kappa shape index (κ2) is 46.3. The van der Waals surface area contributed by atoms with Gasteiger partial charge < -0.3 is 9.84 Å². The minimum absolute atomic E-state index is 0.00711. The van der Waals surface area contributed by atoms with E-state index in [2.05, 4.69) is 26.0 Å². The van der Waals surface area contributed by atoms with E-state index in [4.69, 9.17) is 4.74 Å². The fourth-order valence-electron chi connectivity index (χ4n) is 7.56. The van der Waals surface area contributed by atoms with E-state index in [1.54, 1.807) is 0 Å². The highest BCUT2D eigenvalue weighted by molar-refractivity contribution is 5.69. The number of carbonyl (C=O) groups excluding carboxylic acids is 1. The molecule has 0 aliphatic heterocycles. The topological polar surface area (TPSA) is 46.5 Å². The second-order valence-electron chi connectivity index (χ2n) is 16.6. The van der Waals surface area contributed by atoms with E-state index in [1.165, 1.54) is 218 Å². The van der Waals surface area contributed by atoms with Gasteiger partial charge >= 0.3 is 5.97 Å². The molecule has 0 saturated heterocycles. The molecule has 0 spiro atoms. The Hall–Kier alpha value is -0.830. The van der Waals surface area contributed by atoms with Gasteiger partial charge in [0.1, 0.15) is 0 Å². The van der Waals surface area contributed by atoms with Crippen LogP contribution in [-0.4, -0.2) is 23.8 Å². The molecule has 3 heteroatoms. The smallest absolute Gasteiger partial charge is 0.305 e. The zero-order valence-electron chi connectivity index (χ0n) is 35.9. The van der Waals surface area contributed by atoms with Crippen LogP contribution in [0.5, 0.6) is 0 Å². The Morgan fingerprint density at radius 1 is 0.423 bits per heavy atom. The number of hydrogen-bond donors (Lipinski definition) is 1. The van der Waals surface area contributed by atoms with Gasteiger partial charge in [-0.1, -0.05) is 251 Å². The lowest BCUT2D eigenvalue weighted by Crippen LogP contribution is -2.05. The standard InChI is InChI=1S/C49H96O3/c1-3-5-7-9-10-11-12-13-14-15-16-17-18-19-20-21-22-23-24-25-26-27-28-29-32-35-38-42-46-49(51)52-47-43-39-36-33-30-31-34-37-41-45-48(50)44-40-8-6-4-2/h37,41,48,50H,3-36,38-40,42-47H2,1-2H3/b41-37-/t48-/m1/s1. The Bertz CT molecular complexity index is 688. The summed E-state index contributed by atoms with van der Waals surface area (Å²) in [5, 5.41) is 10.0. The molecule has 0 aromatic carbocycles. The summed E-state index contributed by atoms with van der Waals surface area (Å²) in [4.78, 5) is 12.0. The lowest BCUT2D eigenvalue weighted by molar-refractivity contribution is -0.143. The van der Waals surface area contributed by atoms with Gasteiger partial charge in [-0.3, -0.25) is 4.79 Å². The van der Waals surface area contributed by atoms with E-state index in [1.807, 2.05) is 0 Å². The first kappa shape index (κ1) is 51.2. The van der Waals surface area contributed by atoms with Crippen molar-refractivity contribution < 1.29 is 14.6 Å². The fourth-order valence-corrected chi connectivity index (χ4v) is 7.56. The molecule has 3 nitrogen and oxygen atoms in total. The van der Waals surface area contributed by atoms with Crippen LogP contribution >= 0.6 is 0 Å². The maximum absolute atomic E-state index is 12.0. The molecule has 310 valence electrons. The van der Waals surface area contributed by atoms with Gasteiger partial charge in [0.2, 0.25) is 0 Å². The minimum Gasteiger partial charge on any atom is -0.466 e. The Labute approximate surface area is 328 Å². The lowest BCUT2D eigenvalue weighted by Gasteiger charge is -2.07. The fraction of sp³-hybridized carbons (Fsp3) is 0.939. The van der Waals surface area contributed by atoms with Crippen molar-refractivity contribution in [1.29, 1.82) is 0 Å². The van der Waals surface area contributed by atoms with Gasteiger partial charge in [0.15, 0.2) is 0 Å². The molecule has 0 aromatic rings. The molecule has 0 unspecified atom stereocenters. The van der Waals surface area contributed by atoms with Crippen molar-refractivity contribution in [1.82, 2.24) is 0 Å². The highest BCUT2D eigenvalue weighted by Gasteiger charge is 2.03. The Morgan fingerprint density at radius 2 is 0.750 bits per heavy atom. The average molecular weight is 733 g/mol. The molecule has 0 radical (unpaired) electrons. The maximum Gasteiger partial charge on any atom is 0.305 e. The van der Waals surface area contributed by atoms with E-state index in [-0.39, 0.29) is 12.1 Å². The number of ether oxygens (including phenoxy) is 1. The first-order valence-corrected chi connectivity index (χ1v) is 24.2. The van der Waals surface area contributed by atoms with Crippen LogP contribution in [0.1, 0.15) is 284 Å². The van der Waals surface area contributed by atoms with Gasteiger partial charge in [-0.05, 0) is 38.5 Å². The molecule has 0 saturated carbocycles. The first-order valence-electron chi connectivity index (χ1n) is 24.2. The molecule has 0 amide bonds. The summed E-state index contributed by atoms with van der Waals surface area (Å²) >= 11 is 0. The predicted octanol–water partition coefficient (Wildman–Crippen LogP) is 16.9. The van der Waals surface area contributed by atoms with E-state index in [0.29, 0.717) is 13.0 Å². The average Bonchev–Trinajstić information content (AvgIpc) is 3.15. The van der Waals surface area contributed by atoms with Crippen LogP contribution in [-0.2, 0) is 9.53 Å². The molecular formula is C49H96O3. The zero-order valence-corrected chi connectivity index (χ0v) is 35.9. The number of carbonyl (C=O) groups is 1. The van der Waals surface area contributed by atoms with Crippen molar-refractivity contribution in [2.45, 2.75) is 290 Å². The summed E-state index contributed by atoms with van der Waals surface area (Å²) in [7, 11) is 0. The van der Waals surface area contributed by atoms with Crippen LogP contribution in [0.25, 0.3) is 0 Å². The number of hydrogen-bond acceptors (Lipinski definition) is 3. The number of aliphatic hydroxyl groups is 1. The van der Waals surface area contributed by atoms with Crippen molar-refractivity contribution in [2.75, 3.05) is 6.61 Å². The molecule has 0 bridgehead atoms. The van der Waals surface area contributed by atoms with Crippen LogP contribution in [0.4, 0.5) is 0 Å². The molecule has 0 rings (SSSR count). The SMILES string of the molecule is CCCCCCCCCCCCCCCCCCCCCCCCCCCCCCC(=O)OCCCCCCCC/C=C\C[C@H](O)CCCCCC. The van der Waals surface area contributed by atoms with Gasteiger partial charge in [0, 0.05) is 6.42 Å². The molecule has 0 fully saturated rings. The summed E-state index contributed by atoms with van der Waals surface area (Å²) in [6, 6.07) is 0. The van der Waals surface area contributed by atoms with Crippen LogP contribution in [0, 0.1) is 0 Å². The molecule has 0 aliphatic rings. The van der Waals surface area contributed by atoms with Gasteiger partial charge in [0.05, 0.1) is 12.7 Å². The minimum atomic E-state index is -0.158. The highest BCUT2D eigenvalue weighted by atomic mass is 16.5. The van der Waals surface area contributed by atoms with E-state index >= 15 is 0 Å². The van der Waals surface area contributed by atoms with Crippen LogP contribution in [0.3, 0.4) is 0 Å². The molecule has 1 atom stereocenters. The number of allylic oxidation sites excluding steroid dienone is 1. The Morgan fingerprint density at radius 3 is 1.15 bits per heavy atom. The second-order valence-corrected chi connectivity index (χ2v) is 16.6. The van der Waals surface area contributed by atoms with Crippen molar-refractivity contribution >= 4 is 5.97 Å². The van der Waals surface area contributed by atoms with Gasteiger partial charge in [0.25, 0.3) is 0 Å². The summed E-state index contributed by atoms with van der Waals surface area (Å²) in [6.07, 6.45) is 59.4. The quantitative estimate of drug-likeness (QED) is 0.0385. The van der Waals surface area contributed by atoms with Crippen LogP contribution in [0.15, 0.2) is 12.2 Å². The Kier molecular flexibility index (Phi) is 45.6. The third-order valence-electron chi connectivity index (χ3n) is 11.2. The summed E-state index contributed by atoms with van der Waals surface area (Å²) < 4.78 is 5.46. The summed E-state index contributed by atoms with van der Waals surface area (Å²) in [5.41, 5.74) is 0. The molecule has 1 N–H and O–H groups in total. The van der Waals surface area contributed by atoms with Crippen molar-refractivity contribution in [3.05, 3.63) is 12.2 Å². The van der Waals surface area contributed by atoms with Gasteiger partial charge in [-0.2, -0.15) is 0 Å². The summed E-state index contributed by atoms with van der Waals surface area (Å²) in [5.74, 6) is 0.00711. The third-order valence-corrected chi connectivity index (χ3v) is 11.2. The normalized spacial score (nSPS) is 12.3. The molecule has 0 aromatic heterocycles. The van der Waals surface area contributed by atoms with E-state index in [0.717, 1.165) is 44.9 Å². The summed E-state index contributed by atoms with van der Waals surface area (Å²) in [6.45, 7) is 5.13. The van der Waals surface area contributed by atoms with E-state index in [9.17, 15) is 9.90 Å². The number of unbranched alkanes of at least 4 members (excludes halogenated alkanes) is 36. The largest absolute Gasteiger partial charge is 0.466 e. The van der Waals surface area contributed by atoms with Gasteiger partial charge in [-0.15, -0.1) is 0 Å². The first-order chi connectivity index (χ1) is 25.7. The third kappa shape index (κ3) is 45.3. The molecule has 0 heterocycles. The number of esters is 1. The number of aliphatic hydroxyl groups excluding tert-OH is 1. The van der Waals surface area contributed by atoms with Crippen LogP contribution < -0.4 is 0 Å². The zero-order chi connectivity index (χ0) is 37.7. The predicted molar refractivity (Wildman–Crippen MR) is 231 cm³/mol. The number of rotatable bonds is 45. The maximum atomic E-state index is 12.0. The van der Waals surface area contributed by atoms with Crippen LogP contribution in [0.2, 0.25) is 0 Å². The van der Waals surface area contributed by atoms with E-state index < -0.39 is 0 Å².